The second-order valence-corrected chi connectivity index (χ2v) is 31.9. The molecular formula is C81H154O17P2. The van der Waals surface area contributed by atoms with Crippen molar-refractivity contribution in [3.63, 3.8) is 0 Å². The van der Waals surface area contributed by atoms with Gasteiger partial charge in [0.05, 0.1) is 26.4 Å². The van der Waals surface area contributed by atoms with Crippen LogP contribution in [0.5, 0.6) is 0 Å². The number of phosphoric acid groups is 2. The summed E-state index contributed by atoms with van der Waals surface area (Å²) in [5.74, 6) is -1.41. The second-order valence-electron chi connectivity index (χ2n) is 29.0. The fourth-order valence-electron chi connectivity index (χ4n) is 12.0. The molecule has 0 aromatic rings. The van der Waals surface area contributed by atoms with Gasteiger partial charge in [0, 0.05) is 25.7 Å². The smallest absolute Gasteiger partial charge is 0.462 e. The number of hydrogen-bond donors (Lipinski definition) is 3. The highest BCUT2D eigenvalue weighted by molar-refractivity contribution is 7.47. The van der Waals surface area contributed by atoms with Crippen LogP contribution >= 0.6 is 15.6 Å². The largest absolute Gasteiger partial charge is 0.472 e. The van der Waals surface area contributed by atoms with Gasteiger partial charge in [-0.15, -0.1) is 0 Å². The van der Waals surface area contributed by atoms with Crippen molar-refractivity contribution in [3.05, 3.63) is 24.3 Å². The lowest BCUT2D eigenvalue weighted by atomic mass is 10.0. The summed E-state index contributed by atoms with van der Waals surface area (Å²) in [6.45, 7) is 7.23. The molecule has 0 amide bonds. The van der Waals surface area contributed by atoms with E-state index in [0.29, 0.717) is 25.7 Å². The molecule has 0 bridgehead atoms. The SMILES string of the molecule is CCCCCC/C=C\C=C/CCCCCCCC(=O)OC[C@H](COP(=O)(O)OC[C@@H](O)COP(=O)(O)OC[C@@H](COC(=O)CCCCCCCCCCC(C)C)OC(=O)CCCCCCCCCCCCCCCCC)OC(=O)CCCCCCCCCCCCCCCCCCCCC. The molecule has 0 saturated heterocycles. The third kappa shape index (κ3) is 73.8. The molecule has 0 aliphatic carbocycles. The van der Waals surface area contributed by atoms with Gasteiger partial charge in [-0.1, -0.05) is 354 Å². The zero-order chi connectivity index (χ0) is 73.4. The molecule has 0 fully saturated rings. The Morgan fingerprint density at radius 3 is 0.820 bits per heavy atom. The van der Waals surface area contributed by atoms with Gasteiger partial charge in [0.15, 0.2) is 12.2 Å². The number of carbonyl (C=O) groups excluding carboxylic acids is 4. The Kier molecular flexibility index (Phi) is 71.6. The van der Waals surface area contributed by atoms with Crippen molar-refractivity contribution in [1.29, 1.82) is 0 Å². The van der Waals surface area contributed by atoms with Gasteiger partial charge < -0.3 is 33.8 Å². The van der Waals surface area contributed by atoms with Gasteiger partial charge in [-0.05, 0) is 57.3 Å². The number of phosphoric ester groups is 2. The molecule has 590 valence electrons. The first kappa shape index (κ1) is 97.5. The van der Waals surface area contributed by atoms with Crippen LogP contribution in [0.1, 0.15) is 407 Å². The fourth-order valence-corrected chi connectivity index (χ4v) is 13.6. The molecule has 0 radical (unpaired) electrons. The minimum absolute atomic E-state index is 0.102. The van der Waals surface area contributed by atoms with Gasteiger partial charge in [-0.25, -0.2) is 9.13 Å². The summed E-state index contributed by atoms with van der Waals surface area (Å²) in [5.41, 5.74) is 0. The molecule has 5 atom stereocenters. The van der Waals surface area contributed by atoms with Crippen molar-refractivity contribution >= 4 is 39.5 Å². The summed E-state index contributed by atoms with van der Waals surface area (Å²) >= 11 is 0. The van der Waals surface area contributed by atoms with Crippen LogP contribution in [0.3, 0.4) is 0 Å². The molecule has 0 heterocycles. The molecule has 0 spiro atoms. The highest BCUT2D eigenvalue weighted by atomic mass is 31.2. The van der Waals surface area contributed by atoms with Crippen LogP contribution in [-0.2, 0) is 65.4 Å². The van der Waals surface area contributed by atoms with E-state index in [1.165, 1.54) is 212 Å². The number of allylic oxidation sites excluding steroid dienone is 4. The van der Waals surface area contributed by atoms with E-state index >= 15 is 0 Å². The summed E-state index contributed by atoms with van der Waals surface area (Å²) < 4.78 is 68.7. The van der Waals surface area contributed by atoms with Crippen LogP contribution in [-0.4, -0.2) is 96.7 Å². The molecule has 2 unspecified atom stereocenters. The number of aliphatic hydroxyl groups excluding tert-OH is 1. The van der Waals surface area contributed by atoms with Crippen molar-refractivity contribution in [1.82, 2.24) is 0 Å². The maximum absolute atomic E-state index is 13.1. The van der Waals surface area contributed by atoms with E-state index < -0.39 is 97.5 Å². The van der Waals surface area contributed by atoms with Gasteiger partial charge in [-0.2, -0.15) is 0 Å². The first-order valence-corrected chi connectivity index (χ1v) is 44.4. The molecule has 100 heavy (non-hydrogen) atoms. The predicted octanol–water partition coefficient (Wildman–Crippen LogP) is 24.0. The van der Waals surface area contributed by atoms with Crippen molar-refractivity contribution < 1.29 is 80.2 Å². The van der Waals surface area contributed by atoms with Crippen LogP contribution in [0.15, 0.2) is 24.3 Å². The van der Waals surface area contributed by atoms with E-state index in [2.05, 4.69) is 58.9 Å². The zero-order valence-electron chi connectivity index (χ0n) is 64.8. The number of esters is 4. The Morgan fingerprint density at radius 2 is 0.540 bits per heavy atom. The van der Waals surface area contributed by atoms with Crippen LogP contribution in [0, 0.1) is 5.92 Å². The van der Waals surface area contributed by atoms with Gasteiger partial charge in [-0.3, -0.25) is 37.3 Å². The standard InChI is InChI=1S/C81H154O17P2/c1-6-9-12-15-18-21-24-27-30-31-32-33-36-39-42-45-52-57-62-67-80(85)97-76(70-91-78(83)64-59-54-49-43-40-37-34-28-25-22-19-16-13-10-7-2)72-95-99(87,88)93-68-75(82)69-94-100(89,90)96-73-77(71-92-79(84)65-60-55-50-47-46-48-53-58-63-74(4)5)98-81(86)66-61-56-51-44-41-38-35-29-26-23-20-17-14-11-8-3/h22,25,28,34,74-77,82H,6-21,23-24,26-27,29-33,35-73H2,1-5H3,(H,87,88)(H,89,90)/b25-22-,34-28-/t75-,76-,77-/m1/s1. The lowest BCUT2D eigenvalue weighted by Crippen LogP contribution is -2.30. The average molecular weight is 1460 g/mol. The zero-order valence-corrected chi connectivity index (χ0v) is 66.6. The quantitative estimate of drug-likeness (QED) is 0.0169. The third-order valence-corrected chi connectivity index (χ3v) is 20.3. The first-order chi connectivity index (χ1) is 48.5. The lowest BCUT2D eigenvalue weighted by Gasteiger charge is -2.21. The summed E-state index contributed by atoms with van der Waals surface area (Å²) in [6.07, 6.45) is 67.4. The highest BCUT2D eigenvalue weighted by Crippen LogP contribution is 2.45. The van der Waals surface area contributed by atoms with Crippen LogP contribution in [0.25, 0.3) is 0 Å². The number of hydrogen-bond acceptors (Lipinski definition) is 15. The van der Waals surface area contributed by atoms with Gasteiger partial charge in [0.1, 0.15) is 19.3 Å². The van der Waals surface area contributed by atoms with Crippen molar-refractivity contribution in [2.24, 2.45) is 5.92 Å². The molecule has 0 aromatic heterocycles. The summed E-state index contributed by atoms with van der Waals surface area (Å²) in [7, 11) is -9.93. The summed E-state index contributed by atoms with van der Waals surface area (Å²) in [6, 6.07) is 0. The monoisotopic (exact) mass is 1460 g/mol. The van der Waals surface area contributed by atoms with Crippen molar-refractivity contribution in [3.8, 4) is 0 Å². The van der Waals surface area contributed by atoms with Crippen LogP contribution in [0.4, 0.5) is 0 Å². The molecule has 17 nitrogen and oxygen atoms in total. The van der Waals surface area contributed by atoms with E-state index in [9.17, 15) is 43.2 Å². The molecule has 0 aliphatic heterocycles. The minimum Gasteiger partial charge on any atom is -0.462 e. The normalized spacial score (nSPS) is 14.0. The van der Waals surface area contributed by atoms with Crippen LogP contribution < -0.4 is 0 Å². The Balaban J connectivity index is 5.28. The minimum atomic E-state index is -4.97. The molecule has 0 aromatic carbocycles. The Hall–Kier alpha value is -2.46. The first-order valence-electron chi connectivity index (χ1n) is 41.5. The van der Waals surface area contributed by atoms with E-state index in [4.69, 9.17) is 37.0 Å². The maximum atomic E-state index is 13.1. The van der Waals surface area contributed by atoms with E-state index in [1.807, 2.05) is 0 Å². The molecular weight excluding hydrogens is 1310 g/mol. The molecule has 0 rings (SSSR count). The second kappa shape index (κ2) is 73.4. The molecule has 19 heteroatoms. The number of aliphatic hydroxyl groups is 1. The van der Waals surface area contributed by atoms with E-state index in [0.717, 1.165) is 115 Å². The number of unbranched alkanes of at least 4 members (excludes halogenated alkanes) is 48. The Bertz CT molecular complexity index is 2000. The summed E-state index contributed by atoms with van der Waals surface area (Å²) in [5, 5.41) is 10.6. The van der Waals surface area contributed by atoms with Crippen molar-refractivity contribution in [2.75, 3.05) is 39.6 Å². The molecule has 0 saturated carbocycles. The number of ether oxygens (including phenoxy) is 4. The fraction of sp³-hybridized carbons (Fsp3) is 0.901. The number of rotatable bonds is 79. The predicted molar refractivity (Wildman–Crippen MR) is 409 cm³/mol. The van der Waals surface area contributed by atoms with Crippen molar-refractivity contribution in [2.45, 2.75) is 425 Å². The molecule has 0 aliphatic rings. The lowest BCUT2D eigenvalue weighted by molar-refractivity contribution is -0.161. The van der Waals surface area contributed by atoms with Gasteiger partial charge in [0.2, 0.25) is 0 Å². The van der Waals surface area contributed by atoms with E-state index in [1.54, 1.807) is 0 Å². The van der Waals surface area contributed by atoms with E-state index in [-0.39, 0.29) is 25.7 Å². The molecule has 3 N–H and O–H groups in total. The van der Waals surface area contributed by atoms with Gasteiger partial charge in [0.25, 0.3) is 0 Å². The van der Waals surface area contributed by atoms with Gasteiger partial charge >= 0.3 is 39.5 Å². The summed E-state index contributed by atoms with van der Waals surface area (Å²) in [4.78, 5) is 73.0. The maximum Gasteiger partial charge on any atom is 0.472 e. The number of carbonyl (C=O) groups is 4. The third-order valence-electron chi connectivity index (χ3n) is 18.4. The highest BCUT2D eigenvalue weighted by Gasteiger charge is 2.30. The van der Waals surface area contributed by atoms with Crippen LogP contribution in [0.2, 0.25) is 0 Å². The Labute approximate surface area is 612 Å². The Morgan fingerprint density at radius 1 is 0.310 bits per heavy atom. The topological polar surface area (TPSA) is 237 Å². The average Bonchev–Trinajstić information content (AvgIpc) is 0.988.